The van der Waals surface area contributed by atoms with E-state index in [0.717, 1.165) is 6.07 Å². The van der Waals surface area contributed by atoms with Crippen molar-refractivity contribution in [1.82, 2.24) is 9.97 Å². The molecule has 0 aromatic carbocycles. The summed E-state index contributed by atoms with van der Waals surface area (Å²) < 4.78 is 38.3. The van der Waals surface area contributed by atoms with Crippen LogP contribution in [0.2, 0.25) is 0 Å². The van der Waals surface area contributed by atoms with Crippen LogP contribution < -0.4 is 10.2 Å². The molecule has 5 nitrogen and oxygen atoms in total. The standard InChI is InChI=1S/C11H17F3N4O/c1-3-15-10-16-8(11(12,13)14)7-9(17-10)18(4-2)5-6-19/h7,19H,3-6H2,1-2H3,(H,15,16,17). The molecule has 0 saturated heterocycles. The van der Waals surface area contributed by atoms with Gasteiger partial charge in [-0.1, -0.05) is 0 Å². The first-order chi connectivity index (χ1) is 8.92. The van der Waals surface area contributed by atoms with Gasteiger partial charge in [0.15, 0.2) is 5.69 Å². The first-order valence-electron chi connectivity index (χ1n) is 5.98. The maximum absolute atomic E-state index is 12.8. The van der Waals surface area contributed by atoms with Crippen LogP contribution in [0.15, 0.2) is 6.07 Å². The van der Waals surface area contributed by atoms with Crippen LogP contribution in [0.3, 0.4) is 0 Å². The molecule has 0 aliphatic carbocycles. The van der Waals surface area contributed by atoms with Gasteiger partial charge in [0.05, 0.1) is 6.61 Å². The molecule has 1 aromatic rings. The number of hydrogen-bond donors (Lipinski definition) is 2. The maximum Gasteiger partial charge on any atom is 0.433 e. The molecule has 0 radical (unpaired) electrons. The Morgan fingerprint density at radius 2 is 2.00 bits per heavy atom. The summed E-state index contributed by atoms with van der Waals surface area (Å²) in [7, 11) is 0. The minimum atomic E-state index is -4.53. The Morgan fingerprint density at radius 1 is 1.32 bits per heavy atom. The Hall–Kier alpha value is -1.57. The summed E-state index contributed by atoms with van der Waals surface area (Å²) in [6.45, 7) is 4.45. The molecule has 108 valence electrons. The van der Waals surface area contributed by atoms with Gasteiger partial charge >= 0.3 is 6.18 Å². The fourth-order valence-electron chi connectivity index (χ4n) is 1.53. The minimum Gasteiger partial charge on any atom is -0.395 e. The van der Waals surface area contributed by atoms with Crippen LogP contribution in [0.5, 0.6) is 0 Å². The zero-order chi connectivity index (χ0) is 14.5. The van der Waals surface area contributed by atoms with Gasteiger partial charge in [0.2, 0.25) is 5.95 Å². The van der Waals surface area contributed by atoms with Crippen molar-refractivity contribution in [2.45, 2.75) is 20.0 Å². The van der Waals surface area contributed by atoms with Crippen LogP contribution in [-0.4, -0.2) is 41.3 Å². The molecule has 0 amide bonds. The average molecular weight is 278 g/mol. The van der Waals surface area contributed by atoms with E-state index in [4.69, 9.17) is 5.11 Å². The van der Waals surface area contributed by atoms with Crippen molar-refractivity contribution in [2.24, 2.45) is 0 Å². The van der Waals surface area contributed by atoms with Gasteiger partial charge in [-0.15, -0.1) is 0 Å². The summed E-state index contributed by atoms with van der Waals surface area (Å²) in [6.07, 6.45) is -4.53. The molecule has 0 bridgehead atoms. The smallest absolute Gasteiger partial charge is 0.395 e. The van der Waals surface area contributed by atoms with Gasteiger partial charge in [-0.2, -0.15) is 18.2 Å². The van der Waals surface area contributed by atoms with Crippen molar-refractivity contribution in [1.29, 1.82) is 0 Å². The first kappa shape index (κ1) is 15.5. The second-order valence-electron chi connectivity index (χ2n) is 3.77. The highest BCUT2D eigenvalue weighted by molar-refractivity contribution is 5.45. The number of nitrogens with one attached hydrogen (secondary N) is 1. The van der Waals surface area contributed by atoms with E-state index in [-0.39, 0.29) is 24.9 Å². The first-order valence-corrected chi connectivity index (χ1v) is 5.98. The fraction of sp³-hybridized carbons (Fsp3) is 0.636. The van der Waals surface area contributed by atoms with Crippen LogP contribution in [0, 0.1) is 0 Å². The number of aliphatic hydroxyl groups is 1. The normalized spacial score (nSPS) is 11.5. The van der Waals surface area contributed by atoms with Crippen LogP contribution >= 0.6 is 0 Å². The molecular formula is C11H17F3N4O. The predicted molar refractivity (Wildman–Crippen MR) is 66.2 cm³/mol. The van der Waals surface area contributed by atoms with Gasteiger partial charge < -0.3 is 15.3 Å². The lowest BCUT2D eigenvalue weighted by Crippen LogP contribution is -2.28. The second kappa shape index (κ2) is 6.55. The molecule has 0 atom stereocenters. The summed E-state index contributed by atoms with van der Waals surface area (Å²) >= 11 is 0. The Bertz CT molecular complexity index is 411. The third-order valence-electron chi connectivity index (χ3n) is 2.41. The Balaban J connectivity index is 3.18. The van der Waals surface area contributed by atoms with E-state index in [1.807, 2.05) is 0 Å². The summed E-state index contributed by atoms with van der Waals surface area (Å²) in [5, 5.41) is 11.6. The largest absolute Gasteiger partial charge is 0.433 e. The third-order valence-corrected chi connectivity index (χ3v) is 2.41. The van der Waals surface area contributed by atoms with E-state index in [0.29, 0.717) is 13.1 Å². The van der Waals surface area contributed by atoms with Crippen LogP contribution in [0.25, 0.3) is 0 Å². The van der Waals surface area contributed by atoms with Crippen molar-refractivity contribution < 1.29 is 18.3 Å². The highest BCUT2D eigenvalue weighted by Gasteiger charge is 2.34. The van der Waals surface area contributed by atoms with E-state index in [1.54, 1.807) is 18.7 Å². The van der Waals surface area contributed by atoms with E-state index < -0.39 is 11.9 Å². The molecule has 0 fully saturated rings. The van der Waals surface area contributed by atoms with Gasteiger partial charge in [-0.05, 0) is 13.8 Å². The average Bonchev–Trinajstić information content (AvgIpc) is 2.35. The molecule has 0 spiro atoms. The number of likely N-dealkylation sites (N-methyl/N-ethyl adjacent to an activating group) is 1. The van der Waals surface area contributed by atoms with Gasteiger partial charge in [0.1, 0.15) is 5.82 Å². The summed E-state index contributed by atoms with van der Waals surface area (Å²) in [5.74, 6) is 0.0820. The molecular weight excluding hydrogens is 261 g/mol. The lowest BCUT2D eigenvalue weighted by molar-refractivity contribution is -0.141. The number of alkyl halides is 3. The monoisotopic (exact) mass is 278 g/mol. The van der Waals surface area contributed by atoms with Gasteiger partial charge in [0.25, 0.3) is 0 Å². The lowest BCUT2D eigenvalue weighted by atomic mass is 10.3. The van der Waals surface area contributed by atoms with Crippen molar-refractivity contribution in [3.05, 3.63) is 11.8 Å². The fourth-order valence-corrected chi connectivity index (χ4v) is 1.53. The van der Waals surface area contributed by atoms with E-state index >= 15 is 0 Å². The Kier molecular flexibility index (Phi) is 5.34. The number of aromatic nitrogens is 2. The molecule has 19 heavy (non-hydrogen) atoms. The molecule has 0 aliphatic heterocycles. The Morgan fingerprint density at radius 3 is 2.47 bits per heavy atom. The van der Waals surface area contributed by atoms with Crippen LogP contribution in [0.1, 0.15) is 19.5 Å². The van der Waals surface area contributed by atoms with E-state index in [2.05, 4.69) is 15.3 Å². The SMILES string of the molecule is CCNc1nc(N(CC)CCO)cc(C(F)(F)F)n1. The number of rotatable bonds is 6. The minimum absolute atomic E-state index is 0.0660. The molecule has 2 N–H and O–H groups in total. The molecule has 1 aromatic heterocycles. The van der Waals surface area contributed by atoms with Crippen molar-refractivity contribution in [2.75, 3.05) is 36.5 Å². The number of halogens is 3. The number of hydrogen-bond acceptors (Lipinski definition) is 5. The summed E-state index contributed by atoms with van der Waals surface area (Å²) in [4.78, 5) is 9.01. The number of nitrogens with zero attached hydrogens (tertiary/aromatic N) is 3. The van der Waals surface area contributed by atoms with Gasteiger partial charge in [0, 0.05) is 25.7 Å². The van der Waals surface area contributed by atoms with Crippen molar-refractivity contribution in [3.63, 3.8) is 0 Å². The topological polar surface area (TPSA) is 61.3 Å². The molecule has 0 aliphatic rings. The van der Waals surface area contributed by atoms with Crippen LogP contribution in [0.4, 0.5) is 24.9 Å². The molecule has 1 rings (SSSR count). The zero-order valence-corrected chi connectivity index (χ0v) is 10.8. The highest BCUT2D eigenvalue weighted by atomic mass is 19.4. The van der Waals surface area contributed by atoms with Crippen molar-refractivity contribution >= 4 is 11.8 Å². The molecule has 1 heterocycles. The number of aliphatic hydroxyl groups excluding tert-OH is 1. The van der Waals surface area contributed by atoms with E-state index in [9.17, 15) is 13.2 Å². The highest BCUT2D eigenvalue weighted by Crippen LogP contribution is 2.30. The van der Waals surface area contributed by atoms with Gasteiger partial charge in [-0.3, -0.25) is 0 Å². The zero-order valence-electron chi connectivity index (χ0n) is 10.8. The van der Waals surface area contributed by atoms with Crippen LogP contribution in [-0.2, 0) is 6.18 Å². The maximum atomic E-state index is 12.8. The Labute approximate surface area is 109 Å². The summed E-state index contributed by atoms with van der Waals surface area (Å²) in [5.41, 5.74) is -0.996. The lowest BCUT2D eigenvalue weighted by Gasteiger charge is -2.22. The summed E-state index contributed by atoms with van der Waals surface area (Å²) in [6, 6.07) is 0.889. The quantitative estimate of drug-likeness (QED) is 0.830. The predicted octanol–water partition coefficient (Wildman–Crippen LogP) is 1.75. The van der Waals surface area contributed by atoms with Gasteiger partial charge in [-0.25, -0.2) is 4.98 Å². The second-order valence-corrected chi connectivity index (χ2v) is 3.77. The molecule has 0 saturated carbocycles. The van der Waals surface area contributed by atoms with E-state index in [1.165, 1.54) is 0 Å². The molecule has 8 heteroatoms. The molecule has 0 unspecified atom stereocenters. The third kappa shape index (κ3) is 4.23. The number of anilines is 2. The van der Waals surface area contributed by atoms with Crippen molar-refractivity contribution in [3.8, 4) is 0 Å².